The highest BCUT2D eigenvalue weighted by molar-refractivity contribution is 7.71. The first kappa shape index (κ1) is 12.8. The van der Waals surface area contributed by atoms with Crippen LogP contribution in [0.3, 0.4) is 0 Å². The Morgan fingerprint density at radius 1 is 1.53 bits per heavy atom. The van der Waals surface area contributed by atoms with Gasteiger partial charge in [0.05, 0.1) is 0 Å². The van der Waals surface area contributed by atoms with Gasteiger partial charge in [-0.15, -0.1) is 0 Å². The van der Waals surface area contributed by atoms with Crippen molar-refractivity contribution in [1.82, 2.24) is 14.8 Å². The van der Waals surface area contributed by atoms with Crippen LogP contribution in [-0.4, -0.2) is 19.9 Å². The Hall–Kier alpha value is -0.680. The molecule has 0 amide bonds. The summed E-state index contributed by atoms with van der Waals surface area (Å²) in [5.74, 6) is 2.32. The third-order valence-electron chi connectivity index (χ3n) is 3.78. The molecule has 2 atom stereocenters. The van der Waals surface area contributed by atoms with Crippen LogP contribution in [0.5, 0.6) is 0 Å². The van der Waals surface area contributed by atoms with Gasteiger partial charge in [0.1, 0.15) is 6.61 Å². The van der Waals surface area contributed by atoms with Gasteiger partial charge in [0, 0.05) is 6.54 Å². The minimum Gasteiger partial charge on any atom is -0.388 e. The fourth-order valence-corrected chi connectivity index (χ4v) is 3.08. The molecular weight excluding hydrogens is 234 g/mol. The topological polar surface area (TPSA) is 53.8 Å². The molecule has 0 bridgehead atoms. The van der Waals surface area contributed by atoms with Gasteiger partial charge >= 0.3 is 0 Å². The van der Waals surface area contributed by atoms with Crippen molar-refractivity contribution in [1.29, 1.82) is 0 Å². The van der Waals surface area contributed by atoms with E-state index in [2.05, 4.69) is 17.1 Å². The Balaban J connectivity index is 1.92. The molecule has 1 fully saturated rings. The predicted molar refractivity (Wildman–Crippen MR) is 69.1 cm³/mol. The zero-order chi connectivity index (χ0) is 12.3. The monoisotopic (exact) mass is 255 g/mol. The fourth-order valence-electron chi connectivity index (χ4n) is 2.84. The van der Waals surface area contributed by atoms with Gasteiger partial charge in [-0.1, -0.05) is 26.2 Å². The Morgan fingerprint density at radius 2 is 2.35 bits per heavy atom. The van der Waals surface area contributed by atoms with E-state index in [9.17, 15) is 0 Å². The zero-order valence-corrected chi connectivity index (χ0v) is 11.2. The number of aromatic nitrogens is 3. The summed E-state index contributed by atoms with van der Waals surface area (Å²) in [6, 6.07) is 0. The Labute approximate surface area is 107 Å². The van der Waals surface area contributed by atoms with Crippen LogP contribution in [0.4, 0.5) is 0 Å². The lowest BCUT2D eigenvalue weighted by Crippen LogP contribution is -2.16. The number of rotatable bonds is 4. The van der Waals surface area contributed by atoms with Crippen LogP contribution in [0, 0.1) is 16.6 Å². The van der Waals surface area contributed by atoms with Gasteiger partial charge in [0.15, 0.2) is 10.6 Å². The first-order valence-corrected chi connectivity index (χ1v) is 6.86. The normalized spacial score (nSPS) is 25.1. The summed E-state index contributed by atoms with van der Waals surface area (Å²) in [6.07, 6.45) is 6.55. The van der Waals surface area contributed by atoms with Gasteiger partial charge in [-0.25, -0.2) is 0 Å². The Kier molecular flexibility index (Phi) is 4.34. The quantitative estimate of drug-likeness (QED) is 0.813. The van der Waals surface area contributed by atoms with Crippen LogP contribution in [0.1, 0.15) is 44.9 Å². The van der Waals surface area contributed by atoms with Crippen molar-refractivity contribution in [3.05, 3.63) is 10.6 Å². The smallest absolute Gasteiger partial charge is 0.195 e. The van der Waals surface area contributed by atoms with E-state index in [1.165, 1.54) is 25.7 Å². The van der Waals surface area contributed by atoms with Gasteiger partial charge in [0.2, 0.25) is 0 Å². The van der Waals surface area contributed by atoms with Crippen molar-refractivity contribution in [3.8, 4) is 0 Å². The summed E-state index contributed by atoms with van der Waals surface area (Å²) < 4.78 is 2.55. The number of aliphatic hydroxyl groups excluding tert-OH is 1. The molecule has 1 aliphatic rings. The summed E-state index contributed by atoms with van der Waals surface area (Å²) in [5.41, 5.74) is 0. The van der Waals surface area contributed by atoms with Crippen molar-refractivity contribution < 1.29 is 5.11 Å². The molecule has 1 aliphatic carbocycles. The molecule has 1 aromatic heterocycles. The maximum Gasteiger partial charge on any atom is 0.195 e. The third-order valence-corrected chi connectivity index (χ3v) is 4.10. The molecule has 96 valence electrons. The minimum atomic E-state index is -0.0474. The molecule has 0 aromatic carbocycles. The highest BCUT2D eigenvalue weighted by atomic mass is 32.1. The zero-order valence-electron chi connectivity index (χ0n) is 10.4. The second kappa shape index (κ2) is 5.78. The van der Waals surface area contributed by atoms with Crippen LogP contribution < -0.4 is 0 Å². The van der Waals surface area contributed by atoms with Crippen molar-refractivity contribution in [2.45, 2.75) is 52.2 Å². The van der Waals surface area contributed by atoms with Crippen LogP contribution >= 0.6 is 12.2 Å². The van der Waals surface area contributed by atoms with Crippen molar-refractivity contribution in [2.75, 3.05) is 0 Å². The molecule has 0 radical (unpaired) electrons. The SMILES string of the molecule is CC1CCCC(CCn2c(CO)n[nH]c2=S)C1. The van der Waals surface area contributed by atoms with E-state index < -0.39 is 0 Å². The fraction of sp³-hybridized carbons (Fsp3) is 0.833. The van der Waals surface area contributed by atoms with Crippen molar-refractivity contribution in [3.63, 3.8) is 0 Å². The van der Waals surface area contributed by atoms with Crippen LogP contribution in [-0.2, 0) is 13.2 Å². The Bertz CT molecular complexity index is 412. The third kappa shape index (κ3) is 3.16. The highest BCUT2D eigenvalue weighted by Crippen LogP contribution is 2.31. The standard InChI is InChI=1S/C12H21N3OS/c1-9-3-2-4-10(7-9)5-6-15-11(8-16)13-14-12(15)17/h9-10,16H,2-8H2,1H3,(H,14,17). The van der Waals surface area contributed by atoms with E-state index in [4.69, 9.17) is 17.3 Å². The molecule has 2 unspecified atom stereocenters. The lowest BCUT2D eigenvalue weighted by Gasteiger charge is -2.26. The maximum absolute atomic E-state index is 9.16. The molecule has 1 heterocycles. The number of hydrogen-bond acceptors (Lipinski definition) is 3. The van der Waals surface area contributed by atoms with Crippen molar-refractivity contribution >= 4 is 12.2 Å². The van der Waals surface area contributed by atoms with Gasteiger partial charge in [0.25, 0.3) is 0 Å². The van der Waals surface area contributed by atoms with E-state index >= 15 is 0 Å². The highest BCUT2D eigenvalue weighted by Gasteiger charge is 2.19. The van der Waals surface area contributed by atoms with Gasteiger partial charge in [-0.05, 0) is 36.9 Å². The van der Waals surface area contributed by atoms with E-state index in [1.54, 1.807) is 0 Å². The second-order valence-corrected chi connectivity index (χ2v) is 5.57. The molecule has 4 nitrogen and oxygen atoms in total. The van der Waals surface area contributed by atoms with E-state index in [0.29, 0.717) is 10.6 Å². The number of nitrogens with zero attached hydrogens (tertiary/aromatic N) is 2. The largest absolute Gasteiger partial charge is 0.388 e. The molecule has 17 heavy (non-hydrogen) atoms. The van der Waals surface area contributed by atoms with E-state index in [0.717, 1.165) is 24.8 Å². The molecule has 0 spiro atoms. The predicted octanol–water partition coefficient (Wildman–Crippen LogP) is 2.65. The number of aromatic amines is 1. The number of aliphatic hydroxyl groups is 1. The average molecular weight is 255 g/mol. The first-order chi connectivity index (χ1) is 8.20. The average Bonchev–Trinajstić information content (AvgIpc) is 2.67. The molecular formula is C12H21N3OS. The number of nitrogens with one attached hydrogen (secondary N) is 1. The van der Waals surface area contributed by atoms with Gasteiger partial charge < -0.3 is 9.67 Å². The van der Waals surface area contributed by atoms with E-state index in [1.807, 2.05) is 4.57 Å². The van der Waals surface area contributed by atoms with Crippen LogP contribution in [0.15, 0.2) is 0 Å². The van der Waals surface area contributed by atoms with Crippen molar-refractivity contribution in [2.24, 2.45) is 11.8 Å². The van der Waals surface area contributed by atoms with Crippen LogP contribution in [0.25, 0.3) is 0 Å². The molecule has 1 aromatic rings. The first-order valence-electron chi connectivity index (χ1n) is 6.45. The molecule has 1 saturated carbocycles. The summed E-state index contributed by atoms with van der Waals surface area (Å²) >= 11 is 5.16. The molecule has 5 heteroatoms. The number of hydrogen-bond donors (Lipinski definition) is 2. The molecule has 0 saturated heterocycles. The number of H-pyrrole nitrogens is 1. The summed E-state index contributed by atoms with van der Waals surface area (Å²) in [7, 11) is 0. The maximum atomic E-state index is 9.16. The lowest BCUT2D eigenvalue weighted by atomic mass is 9.81. The lowest BCUT2D eigenvalue weighted by molar-refractivity contribution is 0.247. The van der Waals surface area contributed by atoms with E-state index in [-0.39, 0.29) is 6.61 Å². The van der Waals surface area contributed by atoms with Gasteiger partial charge in [-0.2, -0.15) is 5.10 Å². The summed E-state index contributed by atoms with van der Waals surface area (Å²) in [5, 5.41) is 15.9. The summed E-state index contributed by atoms with van der Waals surface area (Å²) in [6.45, 7) is 3.17. The van der Waals surface area contributed by atoms with Crippen LogP contribution in [0.2, 0.25) is 0 Å². The molecule has 0 aliphatic heterocycles. The Morgan fingerprint density at radius 3 is 3.06 bits per heavy atom. The minimum absolute atomic E-state index is 0.0474. The summed E-state index contributed by atoms with van der Waals surface area (Å²) in [4.78, 5) is 0. The second-order valence-electron chi connectivity index (χ2n) is 5.18. The molecule has 2 N–H and O–H groups in total. The van der Waals surface area contributed by atoms with Gasteiger partial charge in [-0.3, -0.25) is 5.10 Å². The molecule has 2 rings (SSSR count).